The summed E-state index contributed by atoms with van der Waals surface area (Å²) in [6.45, 7) is 3.85. The largest absolute Gasteiger partial charge is 0.490 e. The molecule has 0 aliphatic carbocycles. The molecule has 0 unspecified atom stereocenters. The highest BCUT2D eigenvalue weighted by Gasteiger charge is 2.17. The van der Waals surface area contributed by atoms with E-state index in [1.54, 1.807) is 36.4 Å². The van der Waals surface area contributed by atoms with Crippen LogP contribution in [0.15, 0.2) is 48.5 Å². The first kappa shape index (κ1) is 13.6. The summed E-state index contributed by atoms with van der Waals surface area (Å²) in [5.41, 5.74) is 1.02. The first-order chi connectivity index (χ1) is 9.09. The third kappa shape index (κ3) is 3.15. The molecule has 98 valence electrons. The van der Waals surface area contributed by atoms with E-state index in [1.807, 2.05) is 26.0 Å². The third-order valence-corrected chi connectivity index (χ3v) is 2.94. The molecular formula is C16H15ClO2. The number of rotatable bonds is 4. The van der Waals surface area contributed by atoms with Crippen molar-refractivity contribution in [1.29, 1.82) is 0 Å². The predicted octanol–water partition coefficient (Wildman–Crippen LogP) is 4.36. The minimum absolute atomic E-state index is 0.0141. The molecule has 0 aromatic heterocycles. The average Bonchev–Trinajstić information content (AvgIpc) is 2.38. The summed E-state index contributed by atoms with van der Waals surface area (Å²) in [7, 11) is 0. The lowest BCUT2D eigenvalue weighted by Gasteiger charge is -2.13. The van der Waals surface area contributed by atoms with Gasteiger partial charge < -0.3 is 4.74 Å². The lowest BCUT2D eigenvalue weighted by molar-refractivity contribution is 0.103. The van der Waals surface area contributed by atoms with Crippen molar-refractivity contribution < 1.29 is 9.53 Å². The molecule has 0 atom stereocenters. The summed E-state index contributed by atoms with van der Waals surface area (Å²) >= 11 is 6.07. The molecule has 3 heteroatoms. The molecule has 0 spiro atoms. The molecule has 0 saturated carbocycles. The van der Waals surface area contributed by atoms with Crippen LogP contribution >= 0.6 is 11.6 Å². The van der Waals surface area contributed by atoms with Crippen LogP contribution in [0.5, 0.6) is 5.75 Å². The van der Waals surface area contributed by atoms with Crippen molar-refractivity contribution in [2.45, 2.75) is 20.0 Å². The fraction of sp³-hybridized carbons (Fsp3) is 0.188. The van der Waals surface area contributed by atoms with E-state index in [0.717, 1.165) is 0 Å². The summed E-state index contributed by atoms with van der Waals surface area (Å²) in [6.07, 6.45) is 0.0141. The fourth-order valence-corrected chi connectivity index (χ4v) is 2.02. The zero-order chi connectivity index (χ0) is 13.8. The van der Waals surface area contributed by atoms with Gasteiger partial charge in [-0.2, -0.15) is 0 Å². The van der Waals surface area contributed by atoms with E-state index in [2.05, 4.69) is 0 Å². The standard InChI is InChI=1S/C16H15ClO2/c1-11(2)19-15-10-6-4-8-13(15)16(18)12-7-3-5-9-14(12)17/h3-11H,1-2H3. The Bertz CT molecular complexity index is 591. The maximum absolute atomic E-state index is 12.5. The van der Waals surface area contributed by atoms with E-state index in [4.69, 9.17) is 16.3 Å². The maximum atomic E-state index is 12.5. The molecule has 0 amide bonds. The Morgan fingerprint density at radius 1 is 1.00 bits per heavy atom. The zero-order valence-electron chi connectivity index (χ0n) is 10.9. The SMILES string of the molecule is CC(C)Oc1ccccc1C(=O)c1ccccc1Cl. The second-order valence-corrected chi connectivity index (χ2v) is 4.88. The van der Waals surface area contributed by atoms with Crippen LogP contribution in [0.3, 0.4) is 0 Å². The Labute approximate surface area is 118 Å². The number of carbonyl (C=O) groups is 1. The van der Waals surface area contributed by atoms with Crippen LogP contribution in [0.4, 0.5) is 0 Å². The minimum Gasteiger partial charge on any atom is -0.490 e. The average molecular weight is 275 g/mol. The molecule has 0 aliphatic rings. The Morgan fingerprint density at radius 2 is 1.58 bits per heavy atom. The highest BCUT2D eigenvalue weighted by molar-refractivity contribution is 6.35. The fourth-order valence-electron chi connectivity index (χ4n) is 1.80. The first-order valence-corrected chi connectivity index (χ1v) is 6.52. The van der Waals surface area contributed by atoms with Crippen molar-refractivity contribution in [2.75, 3.05) is 0 Å². The minimum atomic E-state index is -0.123. The molecule has 19 heavy (non-hydrogen) atoms. The lowest BCUT2D eigenvalue weighted by atomic mass is 10.0. The van der Waals surface area contributed by atoms with E-state index in [0.29, 0.717) is 21.9 Å². The van der Waals surface area contributed by atoms with Crippen LogP contribution in [0.2, 0.25) is 5.02 Å². The number of hydrogen-bond donors (Lipinski definition) is 0. The molecule has 0 N–H and O–H groups in total. The zero-order valence-corrected chi connectivity index (χ0v) is 11.6. The van der Waals surface area contributed by atoms with Gasteiger partial charge in [-0.25, -0.2) is 0 Å². The van der Waals surface area contributed by atoms with E-state index >= 15 is 0 Å². The topological polar surface area (TPSA) is 26.3 Å². The molecule has 2 nitrogen and oxygen atoms in total. The predicted molar refractivity (Wildman–Crippen MR) is 77.1 cm³/mol. The molecule has 2 rings (SSSR count). The van der Waals surface area contributed by atoms with E-state index < -0.39 is 0 Å². The van der Waals surface area contributed by atoms with Crippen LogP contribution in [-0.4, -0.2) is 11.9 Å². The van der Waals surface area contributed by atoms with Crippen LogP contribution in [0.25, 0.3) is 0 Å². The monoisotopic (exact) mass is 274 g/mol. The summed E-state index contributed by atoms with van der Waals surface area (Å²) in [6, 6.07) is 14.2. The van der Waals surface area contributed by atoms with Gasteiger partial charge in [-0.3, -0.25) is 4.79 Å². The van der Waals surface area contributed by atoms with Gasteiger partial charge >= 0.3 is 0 Å². The molecule has 0 fully saturated rings. The molecule has 0 heterocycles. The molecule has 0 saturated heterocycles. The quantitative estimate of drug-likeness (QED) is 0.775. The first-order valence-electron chi connectivity index (χ1n) is 6.14. The summed E-state index contributed by atoms with van der Waals surface area (Å²) in [5.74, 6) is 0.462. The second-order valence-electron chi connectivity index (χ2n) is 4.47. The van der Waals surface area contributed by atoms with Crippen molar-refractivity contribution in [1.82, 2.24) is 0 Å². The number of ketones is 1. The Hall–Kier alpha value is -1.80. The van der Waals surface area contributed by atoms with E-state index in [1.165, 1.54) is 0 Å². The molecule has 2 aromatic carbocycles. The number of hydrogen-bond acceptors (Lipinski definition) is 2. The lowest BCUT2D eigenvalue weighted by Crippen LogP contribution is -2.10. The molecular weight excluding hydrogens is 260 g/mol. The number of benzene rings is 2. The summed E-state index contributed by atoms with van der Waals surface area (Å²) in [4.78, 5) is 12.5. The third-order valence-electron chi connectivity index (χ3n) is 2.61. The number of halogens is 1. The molecule has 0 radical (unpaired) electrons. The van der Waals surface area contributed by atoms with Crippen molar-refractivity contribution in [2.24, 2.45) is 0 Å². The van der Waals surface area contributed by atoms with E-state index in [9.17, 15) is 4.79 Å². The maximum Gasteiger partial charge on any atom is 0.198 e. The van der Waals surface area contributed by atoms with Gasteiger partial charge in [-0.1, -0.05) is 35.9 Å². The Balaban J connectivity index is 2.42. The smallest absolute Gasteiger partial charge is 0.198 e. The second kappa shape index (κ2) is 5.89. The van der Waals surface area contributed by atoms with Gasteiger partial charge in [0.2, 0.25) is 0 Å². The van der Waals surface area contributed by atoms with Crippen LogP contribution in [0, 0.1) is 0 Å². The highest BCUT2D eigenvalue weighted by Crippen LogP contribution is 2.25. The van der Waals surface area contributed by atoms with Crippen molar-refractivity contribution in [3.63, 3.8) is 0 Å². The number of para-hydroxylation sites is 1. The van der Waals surface area contributed by atoms with Gasteiger partial charge in [0.15, 0.2) is 5.78 Å². The van der Waals surface area contributed by atoms with Crippen LogP contribution in [-0.2, 0) is 0 Å². The van der Waals surface area contributed by atoms with Gasteiger partial charge in [0.25, 0.3) is 0 Å². The molecule has 2 aromatic rings. The molecule has 0 bridgehead atoms. The van der Waals surface area contributed by atoms with Crippen LogP contribution in [0.1, 0.15) is 29.8 Å². The normalized spacial score (nSPS) is 10.5. The number of ether oxygens (including phenoxy) is 1. The van der Waals surface area contributed by atoms with Gasteiger partial charge in [0, 0.05) is 5.56 Å². The van der Waals surface area contributed by atoms with Gasteiger partial charge in [-0.15, -0.1) is 0 Å². The Morgan fingerprint density at radius 3 is 2.21 bits per heavy atom. The summed E-state index contributed by atoms with van der Waals surface area (Å²) in [5, 5.41) is 0.451. The van der Waals surface area contributed by atoms with Gasteiger partial charge in [0.1, 0.15) is 5.75 Å². The van der Waals surface area contributed by atoms with Gasteiger partial charge in [-0.05, 0) is 38.1 Å². The highest BCUT2D eigenvalue weighted by atomic mass is 35.5. The number of carbonyl (C=O) groups excluding carboxylic acids is 1. The summed E-state index contributed by atoms with van der Waals surface area (Å²) < 4.78 is 5.66. The van der Waals surface area contributed by atoms with Gasteiger partial charge in [0.05, 0.1) is 16.7 Å². The van der Waals surface area contributed by atoms with Crippen LogP contribution < -0.4 is 4.74 Å². The van der Waals surface area contributed by atoms with Crippen molar-refractivity contribution in [3.8, 4) is 5.75 Å². The molecule has 0 aliphatic heterocycles. The van der Waals surface area contributed by atoms with Crippen molar-refractivity contribution >= 4 is 17.4 Å². The van der Waals surface area contributed by atoms with Crippen molar-refractivity contribution in [3.05, 3.63) is 64.7 Å². The Kier molecular flexibility index (Phi) is 4.23. The van der Waals surface area contributed by atoms with E-state index in [-0.39, 0.29) is 11.9 Å².